The Labute approximate surface area is 163 Å². The molecule has 1 aromatic rings. The smallest absolute Gasteiger partial charge is 0.411 e. The summed E-state index contributed by atoms with van der Waals surface area (Å²) in [4.78, 5) is 36.7. The number of carbonyl (C=O) groups is 3. The van der Waals surface area contributed by atoms with Crippen molar-refractivity contribution in [2.75, 3.05) is 6.54 Å². The second-order valence-corrected chi connectivity index (χ2v) is 8.00. The molecule has 0 spiro atoms. The molecule has 2 atom stereocenters. The van der Waals surface area contributed by atoms with E-state index in [1.165, 1.54) is 6.07 Å². The lowest BCUT2D eigenvalue weighted by Crippen LogP contribution is -2.48. The van der Waals surface area contributed by atoms with Crippen molar-refractivity contribution >= 4 is 34.0 Å². The number of benzene rings is 1. The zero-order valence-electron chi connectivity index (χ0n) is 14.9. The molecule has 1 aliphatic rings. The highest BCUT2D eigenvalue weighted by atomic mass is 79.9. The van der Waals surface area contributed by atoms with E-state index in [2.05, 4.69) is 15.9 Å². The zero-order valence-corrected chi connectivity index (χ0v) is 16.4. The molecule has 2 N–H and O–H groups in total. The summed E-state index contributed by atoms with van der Waals surface area (Å²) in [6.45, 7) is 4.27. The number of carbonyl (C=O) groups excluding carboxylic acids is 1. The van der Waals surface area contributed by atoms with Crippen molar-refractivity contribution in [2.24, 2.45) is 0 Å². The van der Waals surface area contributed by atoms with Crippen LogP contribution in [-0.4, -0.2) is 56.9 Å². The molecule has 8 nitrogen and oxygen atoms in total. The Morgan fingerprint density at radius 3 is 2.41 bits per heavy atom. The fourth-order valence-corrected chi connectivity index (χ4v) is 3.08. The maximum Gasteiger partial charge on any atom is 0.411 e. The molecule has 148 valence electrons. The van der Waals surface area contributed by atoms with Crippen LogP contribution in [0.1, 0.15) is 27.2 Å². The summed E-state index contributed by atoms with van der Waals surface area (Å²) < 4.78 is 24.2. The summed E-state index contributed by atoms with van der Waals surface area (Å²) in [5.74, 6) is -3.39. The number of ether oxygens (including phenoxy) is 2. The molecule has 10 heteroatoms. The maximum atomic E-state index is 13.3. The molecule has 1 aliphatic heterocycles. The van der Waals surface area contributed by atoms with Crippen LogP contribution in [0, 0.1) is 5.82 Å². The zero-order chi connectivity index (χ0) is 20.6. The fraction of sp³-hybridized carbons (Fsp3) is 0.471. The van der Waals surface area contributed by atoms with Crippen molar-refractivity contribution in [3.8, 4) is 5.75 Å². The Bertz CT molecular complexity index is 779. The lowest BCUT2D eigenvalue weighted by atomic mass is 10.00. The van der Waals surface area contributed by atoms with Gasteiger partial charge in [0.25, 0.3) is 0 Å². The van der Waals surface area contributed by atoms with E-state index in [1.807, 2.05) is 0 Å². The van der Waals surface area contributed by atoms with Crippen molar-refractivity contribution in [3.05, 3.63) is 28.5 Å². The minimum Gasteiger partial charge on any atom is -0.480 e. The van der Waals surface area contributed by atoms with Crippen LogP contribution in [0.5, 0.6) is 5.75 Å². The largest absolute Gasteiger partial charge is 0.480 e. The van der Waals surface area contributed by atoms with Gasteiger partial charge in [-0.25, -0.2) is 18.8 Å². The maximum absolute atomic E-state index is 13.3. The van der Waals surface area contributed by atoms with Crippen molar-refractivity contribution < 1.29 is 38.5 Å². The Morgan fingerprint density at radius 1 is 1.30 bits per heavy atom. The van der Waals surface area contributed by atoms with Crippen molar-refractivity contribution in [1.29, 1.82) is 0 Å². The third-order valence-electron chi connectivity index (χ3n) is 3.83. The van der Waals surface area contributed by atoms with Gasteiger partial charge in [-0.3, -0.25) is 4.90 Å². The summed E-state index contributed by atoms with van der Waals surface area (Å²) in [6.07, 6.45) is -1.46. The first kappa shape index (κ1) is 20.9. The Morgan fingerprint density at radius 2 is 1.93 bits per heavy atom. The number of carboxylic acid groups (broad SMARTS) is 2. The SMILES string of the molecule is CC(C)(C)OC(=O)N1C[C@@](Oc2ccc(F)cc2Br)(C(=O)O)C[C@H]1C(=O)O. The molecule has 1 fully saturated rings. The van der Waals surface area contributed by atoms with Crippen LogP contribution in [0.4, 0.5) is 9.18 Å². The molecule has 2 rings (SSSR count). The second-order valence-electron chi connectivity index (χ2n) is 7.14. The van der Waals surface area contributed by atoms with Crippen LogP contribution >= 0.6 is 15.9 Å². The number of nitrogens with zero attached hydrogens (tertiary/aromatic N) is 1. The van der Waals surface area contributed by atoms with E-state index in [9.17, 15) is 29.0 Å². The van der Waals surface area contributed by atoms with Gasteiger partial charge in [-0.1, -0.05) is 0 Å². The van der Waals surface area contributed by atoms with Gasteiger partial charge in [-0.2, -0.15) is 0 Å². The van der Waals surface area contributed by atoms with E-state index in [1.54, 1.807) is 20.8 Å². The van der Waals surface area contributed by atoms with Crippen molar-refractivity contribution in [1.82, 2.24) is 4.90 Å². The van der Waals surface area contributed by atoms with Gasteiger partial charge in [-0.15, -0.1) is 0 Å². The predicted octanol–water partition coefficient (Wildman–Crippen LogP) is 2.88. The van der Waals surface area contributed by atoms with Gasteiger partial charge >= 0.3 is 18.0 Å². The van der Waals surface area contributed by atoms with Gasteiger partial charge in [0.1, 0.15) is 23.2 Å². The molecule has 1 aromatic carbocycles. The molecule has 0 unspecified atom stereocenters. The fourth-order valence-electron chi connectivity index (χ4n) is 2.65. The minimum absolute atomic E-state index is 0.00831. The molecule has 1 amide bonds. The topological polar surface area (TPSA) is 113 Å². The Kier molecular flexibility index (Phi) is 5.69. The highest BCUT2D eigenvalue weighted by molar-refractivity contribution is 9.10. The standard InChI is InChI=1S/C17H19BrFNO7/c1-16(2,3)27-15(25)20-8-17(14(23)24,7-11(20)13(21)22)26-12-5-4-9(19)6-10(12)18/h4-6,11H,7-8H2,1-3H3,(H,21,22)(H,23,24)/t11-,17+/m0/s1. The monoisotopic (exact) mass is 447 g/mol. The van der Waals surface area contributed by atoms with Gasteiger partial charge in [-0.05, 0) is 54.9 Å². The number of hydrogen-bond donors (Lipinski definition) is 2. The number of aliphatic carboxylic acids is 2. The van der Waals surface area contributed by atoms with E-state index < -0.39 is 54.1 Å². The van der Waals surface area contributed by atoms with Gasteiger partial charge < -0.3 is 19.7 Å². The number of carboxylic acids is 2. The first-order chi connectivity index (χ1) is 12.3. The van der Waals surface area contributed by atoms with Crippen molar-refractivity contribution in [2.45, 2.75) is 44.4 Å². The van der Waals surface area contributed by atoms with Gasteiger partial charge in [0.05, 0.1) is 11.0 Å². The molecular formula is C17H19BrFNO7. The third kappa shape index (κ3) is 4.68. The van der Waals surface area contributed by atoms with E-state index in [-0.39, 0.29) is 10.2 Å². The third-order valence-corrected chi connectivity index (χ3v) is 4.45. The summed E-state index contributed by atoms with van der Waals surface area (Å²) in [5, 5.41) is 19.2. The van der Waals surface area contributed by atoms with Crippen LogP contribution in [0.15, 0.2) is 22.7 Å². The lowest BCUT2D eigenvalue weighted by molar-refractivity contribution is -0.154. The summed E-state index contributed by atoms with van der Waals surface area (Å²) >= 11 is 3.08. The van der Waals surface area contributed by atoms with Crippen LogP contribution in [0.2, 0.25) is 0 Å². The Hall–Kier alpha value is -2.36. The number of hydrogen-bond acceptors (Lipinski definition) is 5. The highest BCUT2D eigenvalue weighted by Gasteiger charge is 2.57. The molecule has 0 saturated carbocycles. The van der Waals surface area contributed by atoms with Gasteiger partial charge in [0.2, 0.25) is 5.60 Å². The molecule has 0 radical (unpaired) electrons. The van der Waals surface area contributed by atoms with E-state index in [4.69, 9.17) is 9.47 Å². The van der Waals surface area contributed by atoms with Crippen LogP contribution in [0.25, 0.3) is 0 Å². The van der Waals surface area contributed by atoms with Gasteiger partial charge in [0, 0.05) is 6.42 Å². The quantitative estimate of drug-likeness (QED) is 0.728. The lowest BCUT2D eigenvalue weighted by Gasteiger charge is -2.28. The van der Waals surface area contributed by atoms with Crippen LogP contribution in [0.3, 0.4) is 0 Å². The molecule has 0 aliphatic carbocycles. The molecule has 1 heterocycles. The average molecular weight is 448 g/mol. The predicted molar refractivity (Wildman–Crippen MR) is 94.1 cm³/mol. The van der Waals surface area contributed by atoms with E-state index in [0.717, 1.165) is 17.0 Å². The molecule has 0 bridgehead atoms. The summed E-state index contributed by atoms with van der Waals surface area (Å²) in [7, 11) is 0. The molecule has 27 heavy (non-hydrogen) atoms. The average Bonchev–Trinajstić information content (AvgIpc) is 2.90. The van der Waals surface area contributed by atoms with Crippen LogP contribution in [-0.2, 0) is 14.3 Å². The molecule has 0 aromatic heterocycles. The molecule has 1 saturated heterocycles. The first-order valence-electron chi connectivity index (χ1n) is 7.94. The second kappa shape index (κ2) is 7.34. The minimum atomic E-state index is -2.03. The summed E-state index contributed by atoms with van der Waals surface area (Å²) in [5.41, 5.74) is -2.92. The van der Waals surface area contributed by atoms with E-state index >= 15 is 0 Å². The first-order valence-corrected chi connectivity index (χ1v) is 8.74. The van der Waals surface area contributed by atoms with Gasteiger partial charge in [0.15, 0.2) is 0 Å². The highest BCUT2D eigenvalue weighted by Crippen LogP contribution is 2.36. The Balaban J connectivity index is 2.38. The van der Waals surface area contributed by atoms with Crippen molar-refractivity contribution in [3.63, 3.8) is 0 Å². The van der Waals surface area contributed by atoms with E-state index in [0.29, 0.717) is 0 Å². The normalized spacial score (nSPS) is 22.4. The number of amides is 1. The molecular weight excluding hydrogens is 429 g/mol. The number of halogens is 2. The number of rotatable bonds is 4. The summed E-state index contributed by atoms with van der Waals surface area (Å²) in [6, 6.07) is 1.93. The van der Waals surface area contributed by atoms with Crippen LogP contribution < -0.4 is 4.74 Å². The number of likely N-dealkylation sites (tertiary alicyclic amines) is 1.